The van der Waals surface area contributed by atoms with E-state index >= 15 is 0 Å². The van der Waals surface area contributed by atoms with E-state index < -0.39 is 33.9 Å². The van der Waals surface area contributed by atoms with Crippen LogP contribution in [0, 0.1) is 0 Å². The summed E-state index contributed by atoms with van der Waals surface area (Å²) >= 11 is -1.40. The van der Waals surface area contributed by atoms with Gasteiger partial charge in [0.1, 0.15) is 4.75 Å². The molecular formula is C14H18F3NOS. The zero-order valence-electron chi connectivity index (χ0n) is 11.6. The van der Waals surface area contributed by atoms with Crippen molar-refractivity contribution in [3.8, 4) is 0 Å². The Morgan fingerprint density at radius 1 is 1.30 bits per heavy atom. The number of rotatable bonds is 4. The first-order valence-corrected chi connectivity index (χ1v) is 7.18. The average molecular weight is 305 g/mol. The van der Waals surface area contributed by atoms with E-state index in [1.54, 1.807) is 26.8 Å². The van der Waals surface area contributed by atoms with Crippen LogP contribution in [-0.4, -0.2) is 9.30 Å². The Morgan fingerprint density at radius 3 is 2.35 bits per heavy atom. The molecule has 0 radical (unpaired) electrons. The molecule has 0 saturated heterocycles. The van der Waals surface area contributed by atoms with Gasteiger partial charge >= 0.3 is 6.18 Å². The van der Waals surface area contributed by atoms with Crippen LogP contribution in [0.2, 0.25) is 0 Å². The Morgan fingerprint density at radius 2 is 1.90 bits per heavy atom. The first-order valence-electron chi connectivity index (χ1n) is 6.03. The molecule has 0 heterocycles. The average Bonchev–Trinajstić information content (AvgIpc) is 2.33. The van der Waals surface area contributed by atoms with Crippen LogP contribution in [0.4, 0.5) is 13.2 Å². The van der Waals surface area contributed by atoms with Crippen molar-refractivity contribution in [3.63, 3.8) is 0 Å². The SMILES string of the molecule is C=C[C@@H](N[S+]([O-])C(C)(C)C)c1cccc(C(F)(F)F)c1. The summed E-state index contributed by atoms with van der Waals surface area (Å²) < 4.78 is 52.3. The van der Waals surface area contributed by atoms with Crippen LogP contribution in [0.3, 0.4) is 0 Å². The van der Waals surface area contributed by atoms with Crippen molar-refractivity contribution >= 4 is 11.4 Å². The summed E-state index contributed by atoms with van der Waals surface area (Å²) in [6, 6.07) is 4.33. The van der Waals surface area contributed by atoms with Crippen LogP contribution in [0.1, 0.15) is 37.9 Å². The Hall–Kier alpha value is -0.980. The van der Waals surface area contributed by atoms with Crippen molar-refractivity contribution in [1.82, 2.24) is 4.72 Å². The maximum atomic E-state index is 12.7. The van der Waals surface area contributed by atoms with E-state index in [2.05, 4.69) is 11.3 Å². The van der Waals surface area contributed by atoms with Crippen molar-refractivity contribution in [3.05, 3.63) is 48.0 Å². The zero-order valence-corrected chi connectivity index (χ0v) is 12.4. The fourth-order valence-electron chi connectivity index (χ4n) is 1.45. The van der Waals surface area contributed by atoms with E-state index in [-0.39, 0.29) is 0 Å². The Labute approximate surface area is 120 Å². The first kappa shape index (κ1) is 17.1. The molecule has 1 aromatic carbocycles. The van der Waals surface area contributed by atoms with E-state index in [0.29, 0.717) is 5.56 Å². The van der Waals surface area contributed by atoms with Crippen LogP contribution in [0.15, 0.2) is 36.9 Å². The molecule has 0 aliphatic carbocycles. The highest BCUT2D eigenvalue weighted by Gasteiger charge is 2.32. The highest BCUT2D eigenvalue weighted by Crippen LogP contribution is 2.31. The summed E-state index contributed by atoms with van der Waals surface area (Å²) in [5.41, 5.74) is -0.349. The molecule has 0 amide bonds. The number of hydrogen-bond acceptors (Lipinski definition) is 2. The summed E-state index contributed by atoms with van der Waals surface area (Å²) in [6.07, 6.45) is -2.95. The minimum atomic E-state index is -4.40. The number of nitrogens with one attached hydrogen (secondary N) is 1. The van der Waals surface area contributed by atoms with Gasteiger partial charge in [-0.3, -0.25) is 0 Å². The molecule has 6 heteroatoms. The highest BCUT2D eigenvalue weighted by molar-refractivity contribution is 7.90. The second-order valence-corrected chi connectivity index (χ2v) is 7.33. The third-order valence-corrected chi connectivity index (χ3v) is 4.18. The largest absolute Gasteiger partial charge is 0.598 e. The predicted molar refractivity (Wildman–Crippen MR) is 75.4 cm³/mol. The van der Waals surface area contributed by atoms with Gasteiger partial charge in [-0.25, -0.2) is 0 Å². The third-order valence-electron chi connectivity index (χ3n) is 2.60. The molecule has 1 N–H and O–H groups in total. The van der Waals surface area contributed by atoms with E-state index in [1.165, 1.54) is 12.1 Å². The second-order valence-electron chi connectivity index (χ2n) is 5.34. The van der Waals surface area contributed by atoms with Gasteiger partial charge in [0.25, 0.3) is 0 Å². The van der Waals surface area contributed by atoms with Gasteiger partial charge in [-0.05, 0) is 38.5 Å². The zero-order chi connectivity index (χ0) is 15.6. The molecule has 0 bridgehead atoms. The second kappa shape index (κ2) is 6.20. The topological polar surface area (TPSA) is 35.1 Å². The summed E-state index contributed by atoms with van der Waals surface area (Å²) in [4.78, 5) is 0. The summed E-state index contributed by atoms with van der Waals surface area (Å²) in [5, 5.41) is 0. The molecule has 112 valence electrons. The third kappa shape index (κ3) is 4.54. The van der Waals surface area contributed by atoms with Crippen LogP contribution >= 0.6 is 0 Å². The molecule has 0 spiro atoms. The van der Waals surface area contributed by atoms with E-state index in [4.69, 9.17) is 0 Å². The lowest BCUT2D eigenvalue weighted by atomic mass is 10.0. The highest BCUT2D eigenvalue weighted by atomic mass is 32.2. The van der Waals surface area contributed by atoms with Crippen LogP contribution in [-0.2, 0) is 17.5 Å². The number of halogens is 3. The Bertz CT molecular complexity index is 468. The fourth-order valence-corrected chi connectivity index (χ4v) is 2.27. The van der Waals surface area contributed by atoms with Gasteiger partial charge in [-0.15, -0.1) is 11.3 Å². The van der Waals surface area contributed by atoms with Crippen molar-refractivity contribution < 1.29 is 17.7 Å². The Balaban J connectivity index is 2.99. The molecule has 20 heavy (non-hydrogen) atoms. The molecular weight excluding hydrogens is 287 g/mol. The van der Waals surface area contributed by atoms with Crippen molar-refractivity contribution in [2.24, 2.45) is 0 Å². The van der Waals surface area contributed by atoms with Crippen molar-refractivity contribution in [2.75, 3.05) is 0 Å². The fraction of sp³-hybridized carbons (Fsp3) is 0.429. The quantitative estimate of drug-likeness (QED) is 0.674. The molecule has 0 fully saturated rings. The molecule has 0 aromatic heterocycles. The van der Waals surface area contributed by atoms with Crippen LogP contribution < -0.4 is 4.72 Å². The van der Waals surface area contributed by atoms with Crippen LogP contribution in [0.25, 0.3) is 0 Å². The summed E-state index contributed by atoms with van der Waals surface area (Å²) in [5.74, 6) is 0. The lowest BCUT2D eigenvalue weighted by Crippen LogP contribution is -2.40. The van der Waals surface area contributed by atoms with Crippen molar-refractivity contribution in [2.45, 2.75) is 37.7 Å². The van der Waals surface area contributed by atoms with Crippen molar-refractivity contribution in [1.29, 1.82) is 0 Å². The minimum Gasteiger partial charge on any atom is -0.598 e. The van der Waals surface area contributed by atoms with Gasteiger partial charge in [0.2, 0.25) is 0 Å². The smallest absolute Gasteiger partial charge is 0.416 e. The van der Waals surface area contributed by atoms with E-state index in [0.717, 1.165) is 12.1 Å². The number of hydrogen-bond donors (Lipinski definition) is 1. The standard InChI is InChI=1S/C14H18F3NOS/c1-5-12(18-20(19)13(2,3)4)10-7-6-8-11(9-10)14(15,16)17/h5-9,12,18H,1H2,2-4H3/t12-,20?/m1/s1. The van der Waals surface area contributed by atoms with Gasteiger partial charge in [0.05, 0.1) is 11.6 Å². The minimum absolute atomic E-state index is 0.382. The lowest BCUT2D eigenvalue weighted by molar-refractivity contribution is -0.137. The molecule has 1 unspecified atom stereocenters. The van der Waals surface area contributed by atoms with Crippen LogP contribution in [0.5, 0.6) is 0 Å². The van der Waals surface area contributed by atoms with Gasteiger partial charge in [0.15, 0.2) is 0 Å². The molecule has 0 saturated carbocycles. The normalized spacial score (nSPS) is 15.8. The number of benzene rings is 1. The Kier molecular flexibility index (Phi) is 5.29. The molecule has 0 aliphatic heterocycles. The molecule has 2 atom stereocenters. The number of alkyl halides is 3. The maximum absolute atomic E-state index is 12.7. The predicted octanol–water partition coefficient (Wildman–Crippen LogP) is 3.98. The molecule has 2 nitrogen and oxygen atoms in total. The monoisotopic (exact) mass is 305 g/mol. The summed E-state index contributed by atoms with van der Waals surface area (Å²) in [7, 11) is 0. The van der Waals surface area contributed by atoms with Gasteiger partial charge in [0, 0.05) is 11.4 Å². The molecule has 0 aliphatic rings. The van der Waals surface area contributed by atoms with Gasteiger partial charge in [-0.2, -0.15) is 13.2 Å². The molecule has 1 rings (SSSR count). The maximum Gasteiger partial charge on any atom is 0.416 e. The molecule has 1 aromatic rings. The van der Waals surface area contributed by atoms with Gasteiger partial charge in [-0.1, -0.05) is 18.2 Å². The lowest BCUT2D eigenvalue weighted by Gasteiger charge is -2.27. The van der Waals surface area contributed by atoms with E-state index in [1.807, 2.05) is 0 Å². The van der Waals surface area contributed by atoms with Gasteiger partial charge < -0.3 is 4.55 Å². The summed E-state index contributed by atoms with van der Waals surface area (Å²) in [6.45, 7) is 8.93. The van der Waals surface area contributed by atoms with E-state index in [9.17, 15) is 17.7 Å². The first-order chi connectivity index (χ1) is 9.05.